The monoisotopic (exact) mass is 640 g/mol. The van der Waals surface area contributed by atoms with E-state index in [0.29, 0.717) is 28.3 Å². The van der Waals surface area contributed by atoms with Crippen LogP contribution in [0.1, 0.15) is 32.1 Å². The molecule has 14 heteroatoms. The number of carbonyl (C=O) groups excluding carboxylic acids is 2. The maximum absolute atomic E-state index is 16.0. The van der Waals surface area contributed by atoms with Crippen molar-refractivity contribution in [1.82, 2.24) is 9.97 Å². The first-order chi connectivity index (χ1) is 21.7. The molecule has 0 radical (unpaired) electrons. The van der Waals surface area contributed by atoms with E-state index in [1.165, 1.54) is 6.20 Å². The standard InChI is InChI=1S/C32H16F8N4O2/c33-22-14-21-19-6-2-1-5-18(19)20-7-4-10-41-27(20)25(21)26(34)28(22)44-30(46)24-9-3-8-23(43-24)29(45)42-17-12-15(31(35,36)37)11-16(13-17)32(38,39)40/h1-14H,(H,42,45)(H,44,46). The zero-order valence-corrected chi connectivity index (χ0v) is 22.8. The zero-order chi connectivity index (χ0) is 33.0. The fourth-order valence-electron chi connectivity index (χ4n) is 5.04. The predicted molar refractivity (Wildman–Crippen MR) is 153 cm³/mol. The third-order valence-electron chi connectivity index (χ3n) is 7.07. The van der Waals surface area contributed by atoms with Crippen LogP contribution in [-0.2, 0) is 12.4 Å². The molecule has 2 heterocycles. The van der Waals surface area contributed by atoms with Gasteiger partial charge in [-0.15, -0.1) is 0 Å². The van der Waals surface area contributed by atoms with Gasteiger partial charge >= 0.3 is 12.4 Å². The van der Waals surface area contributed by atoms with E-state index in [1.807, 2.05) is 5.32 Å². The number of halogens is 8. The minimum atomic E-state index is -5.15. The number of hydrogen-bond acceptors (Lipinski definition) is 4. The van der Waals surface area contributed by atoms with Gasteiger partial charge in [-0.25, -0.2) is 13.8 Å². The van der Waals surface area contributed by atoms with E-state index in [1.54, 1.807) is 36.4 Å². The highest BCUT2D eigenvalue weighted by Crippen LogP contribution is 2.39. The number of benzene rings is 4. The second-order valence-corrected chi connectivity index (χ2v) is 10.0. The maximum Gasteiger partial charge on any atom is 0.416 e. The summed E-state index contributed by atoms with van der Waals surface area (Å²) in [5, 5.41) is 5.97. The SMILES string of the molecule is O=C(Nc1cc(C(F)(F)F)cc(C(F)(F)F)c1)c1cccc(C(=O)Nc2c(F)cc3c4ccccc4c4cccnc4c3c2F)n1. The molecule has 2 amide bonds. The van der Waals surface area contributed by atoms with E-state index < -0.39 is 69.7 Å². The molecular formula is C32H16F8N4O2. The third kappa shape index (κ3) is 5.53. The lowest BCUT2D eigenvalue weighted by Gasteiger charge is -2.15. The highest BCUT2D eigenvalue weighted by molar-refractivity contribution is 6.25. The Kier molecular flexibility index (Phi) is 7.30. The summed E-state index contributed by atoms with van der Waals surface area (Å²) in [6.45, 7) is 0. The number of hydrogen-bond donors (Lipinski definition) is 2. The number of rotatable bonds is 4. The number of alkyl halides is 6. The van der Waals surface area contributed by atoms with E-state index in [9.17, 15) is 35.9 Å². The molecule has 2 N–H and O–H groups in total. The van der Waals surface area contributed by atoms with Crippen molar-refractivity contribution >= 4 is 55.6 Å². The molecular weight excluding hydrogens is 624 g/mol. The minimum absolute atomic E-state index is 0.0635. The number of amides is 2. The Labute approximate surface area is 252 Å². The number of nitrogens with one attached hydrogen (secondary N) is 2. The Morgan fingerprint density at radius 1 is 0.630 bits per heavy atom. The third-order valence-corrected chi connectivity index (χ3v) is 7.07. The fourth-order valence-corrected chi connectivity index (χ4v) is 5.04. The first kappa shape index (κ1) is 30.4. The van der Waals surface area contributed by atoms with Crippen molar-refractivity contribution in [2.75, 3.05) is 10.6 Å². The quantitative estimate of drug-likeness (QED) is 0.149. The van der Waals surface area contributed by atoms with Gasteiger partial charge in [-0.2, -0.15) is 26.3 Å². The molecule has 0 saturated carbocycles. The van der Waals surface area contributed by atoms with Gasteiger partial charge in [-0.1, -0.05) is 36.4 Å². The van der Waals surface area contributed by atoms with Crippen molar-refractivity contribution < 1.29 is 44.7 Å². The summed E-state index contributed by atoms with van der Waals surface area (Å²) in [7, 11) is 0. The van der Waals surface area contributed by atoms with E-state index >= 15 is 8.78 Å². The topological polar surface area (TPSA) is 84.0 Å². The van der Waals surface area contributed by atoms with Crippen LogP contribution in [0.5, 0.6) is 0 Å². The minimum Gasteiger partial charge on any atom is -0.321 e. The Morgan fingerprint density at radius 2 is 1.20 bits per heavy atom. The Hall–Kier alpha value is -5.66. The van der Waals surface area contributed by atoms with Crippen molar-refractivity contribution in [3.8, 4) is 0 Å². The van der Waals surface area contributed by atoms with Gasteiger partial charge in [0, 0.05) is 22.7 Å². The van der Waals surface area contributed by atoms with Gasteiger partial charge in [-0.3, -0.25) is 14.6 Å². The van der Waals surface area contributed by atoms with Crippen molar-refractivity contribution in [3.63, 3.8) is 0 Å². The van der Waals surface area contributed by atoms with Gasteiger partial charge in [0.05, 0.1) is 16.6 Å². The van der Waals surface area contributed by atoms with Crippen LogP contribution in [0.2, 0.25) is 0 Å². The molecule has 0 aliphatic heterocycles. The summed E-state index contributed by atoms with van der Waals surface area (Å²) < 4.78 is 111. The predicted octanol–water partition coefficient (Wildman–Crippen LogP) is 8.76. The van der Waals surface area contributed by atoms with Crippen LogP contribution in [0.4, 0.5) is 46.5 Å². The summed E-state index contributed by atoms with van der Waals surface area (Å²) in [6.07, 6.45) is -8.87. The van der Waals surface area contributed by atoms with Crippen LogP contribution < -0.4 is 10.6 Å². The highest BCUT2D eigenvalue weighted by Gasteiger charge is 2.37. The molecule has 0 saturated heterocycles. The van der Waals surface area contributed by atoms with Gasteiger partial charge in [0.15, 0.2) is 5.82 Å². The number of pyridine rings is 2. The lowest BCUT2D eigenvalue weighted by molar-refractivity contribution is -0.143. The van der Waals surface area contributed by atoms with Gasteiger partial charge in [0.25, 0.3) is 11.8 Å². The van der Waals surface area contributed by atoms with Crippen molar-refractivity contribution in [3.05, 3.63) is 119 Å². The second-order valence-electron chi connectivity index (χ2n) is 10.0. The molecule has 232 valence electrons. The summed E-state index contributed by atoms with van der Waals surface area (Å²) in [5.74, 6) is -4.67. The Balaban J connectivity index is 1.33. The van der Waals surface area contributed by atoms with Crippen LogP contribution in [0, 0.1) is 11.6 Å². The normalized spacial score (nSPS) is 12.1. The summed E-state index contributed by atoms with van der Waals surface area (Å²) >= 11 is 0. The van der Waals surface area contributed by atoms with Crippen LogP contribution in [0.15, 0.2) is 85.1 Å². The molecule has 4 aromatic carbocycles. The number of carbonyl (C=O) groups is 2. The summed E-state index contributed by atoms with van der Waals surface area (Å²) in [4.78, 5) is 33.9. The Bertz CT molecular complexity index is 2180. The average molecular weight is 640 g/mol. The molecule has 6 aromatic rings. The second kappa shape index (κ2) is 11.1. The van der Waals surface area contributed by atoms with Crippen LogP contribution in [-0.4, -0.2) is 21.8 Å². The molecule has 6 rings (SSSR count). The molecule has 0 spiro atoms. The molecule has 0 aliphatic rings. The molecule has 0 unspecified atom stereocenters. The molecule has 0 bridgehead atoms. The number of nitrogens with zero attached hydrogens (tertiary/aromatic N) is 2. The first-order valence-electron chi connectivity index (χ1n) is 13.2. The first-order valence-corrected chi connectivity index (χ1v) is 13.2. The summed E-state index contributed by atoms with van der Waals surface area (Å²) in [5.41, 5.74) is -5.89. The molecule has 46 heavy (non-hydrogen) atoms. The number of anilines is 2. The molecule has 0 fully saturated rings. The van der Waals surface area contributed by atoms with Gasteiger partial charge in [0.1, 0.15) is 22.9 Å². The van der Waals surface area contributed by atoms with Crippen molar-refractivity contribution in [2.45, 2.75) is 12.4 Å². The highest BCUT2D eigenvalue weighted by atomic mass is 19.4. The average Bonchev–Trinajstić information content (AvgIpc) is 3.02. The van der Waals surface area contributed by atoms with E-state index in [0.717, 1.165) is 24.3 Å². The van der Waals surface area contributed by atoms with Gasteiger partial charge < -0.3 is 10.6 Å². The van der Waals surface area contributed by atoms with Crippen molar-refractivity contribution in [1.29, 1.82) is 0 Å². The van der Waals surface area contributed by atoms with E-state index in [4.69, 9.17) is 0 Å². The van der Waals surface area contributed by atoms with E-state index in [-0.39, 0.29) is 22.4 Å². The smallest absolute Gasteiger partial charge is 0.321 e. The van der Waals surface area contributed by atoms with Crippen LogP contribution in [0.3, 0.4) is 0 Å². The number of fused-ring (bicyclic) bond motifs is 6. The summed E-state index contributed by atoms with van der Waals surface area (Å²) in [6, 6.07) is 15.1. The maximum atomic E-state index is 16.0. The molecule has 0 atom stereocenters. The van der Waals surface area contributed by atoms with Gasteiger partial charge in [-0.05, 0) is 58.6 Å². The number of aromatic nitrogens is 2. The lowest BCUT2D eigenvalue weighted by atomic mass is 9.96. The largest absolute Gasteiger partial charge is 0.416 e. The van der Waals surface area contributed by atoms with E-state index in [2.05, 4.69) is 15.3 Å². The molecule has 0 aliphatic carbocycles. The van der Waals surface area contributed by atoms with Gasteiger partial charge in [0.2, 0.25) is 0 Å². The molecule has 6 nitrogen and oxygen atoms in total. The lowest BCUT2D eigenvalue weighted by Crippen LogP contribution is -2.20. The fraction of sp³-hybridized carbons (Fsp3) is 0.0625. The van der Waals surface area contributed by atoms with Crippen LogP contribution in [0.25, 0.3) is 32.4 Å². The van der Waals surface area contributed by atoms with Crippen LogP contribution >= 0.6 is 0 Å². The Morgan fingerprint density at radius 3 is 1.80 bits per heavy atom. The van der Waals surface area contributed by atoms with Crippen molar-refractivity contribution in [2.24, 2.45) is 0 Å². The molecule has 2 aromatic heterocycles. The zero-order valence-electron chi connectivity index (χ0n) is 22.8.